The van der Waals surface area contributed by atoms with Crippen LogP contribution in [0.5, 0.6) is 0 Å². The van der Waals surface area contributed by atoms with E-state index in [1.807, 2.05) is 36.4 Å². The molecule has 0 radical (unpaired) electrons. The molecule has 0 unspecified atom stereocenters. The Morgan fingerprint density at radius 3 is 1.59 bits per heavy atom. The van der Waals surface area contributed by atoms with Gasteiger partial charge in [-0.1, -0.05) is 200 Å². The number of hydrogen-bond donors (Lipinski definition) is 0. The number of nitrogens with zero attached hydrogens (tertiary/aromatic N) is 4. The minimum atomic E-state index is 0.693. The molecule has 4 nitrogen and oxygen atoms in total. The minimum Gasteiger partial charge on any atom is -0.308 e. The van der Waals surface area contributed by atoms with Crippen molar-refractivity contribution in [3.63, 3.8) is 0 Å². The van der Waals surface area contributed by atoms with E-state index in [1.54, 1.807) is 0 Å². The molecular weight excluding hydrogens is 765 g/mol. The summed E-state index contributed by atoms with van der Waals surface area (Å²) in [6, 6.07) is 81.5. The van der Waals surface area contributed by atoms with Crippen molar-refractivity contribution in [1.29, 1.82) is 0 Å². The zero-order valence-corrected chi connectivity index (χ0v) is 34.2. The predicted octanol–water partition coefficient (Wildman–Crippen LogP) is 15.3. The predicted molar refractivity (Wildman–Crippen MR) is 262 cm³/mol. The third kappa shape index (κ3) is 6.36. The van der Waals surface area contributed by atoms with Gasteiger partial charge in [0.05, 0.1) is 33.6 Å². The molecule has 12 aromatic rings. The maximum absolute atomic E-state index is 5.39. The lowest BCUT2D eigenvalue weighted by Crippen LogP contribution is -1.96. The highest BCUT2D eigenvalue weighted by molar-refractivity contribution is 6.22. The van der Waals surface area contributed by atoms with E-state index in [4.69, 9.17) is 15.0 Å². The number of fused-ring (bicyclic) bond motifs is 6. The van der Waals surface area contributed by atoms with E-state index in [0.717, 1.165) is 78.0 Å². The quantitative estimate of drug-likeness (QED) is 0.161. The van der Waals surface area contributed by atoms with Gasteiger partial charge in [-0.2, -0.15) is 0 Å². The molecule has 294 valence electrons. The van der Waals surface area contributed by atoms with Crippen LogP contribution in [0.1, 0.15) is 0 Å². The largest absolute Gasteiger partial charge is 0.308 e. The molecule has 0 aliphatic carbocycles. The highest BCUT2D eigenvalue weighted by atomic mass is 15.0. The fraction of sp³-hybridized carbons (Fsp3) is 0. The summed E-state index contributed by atoms with van der Waals surface area (Å²) in [6.07, 6.45) is 0. The molecule has 0 atom stereocenters. The van der Waals surface area contributed by atoms with Crippen molar-refractivity contribution in [3.05, 3.63) is 231 Å². The van der Waals surface area contributed by atoms with Crippen molar-refractivity contribution in [2.24, 2.45) is 0 Å². The monoisotopic (exact) mass is 802 g/mol. The maximum Gasteiger partial charge on any atom is 0.160 e. The summed E-state index contributed by atoms with van der Waals surface area (Å²) in [4.78, 5) is 15.6. The van der Waals surface area contributed by atoms with E-state index in [2.05, 4.69) is 199 Å². The Bertz CT molecular complexity index is 3580. The van der Waals surface area contributed by atoms with Gasteiger partial charge >= 0.3 is 0 Å². The second-order valence-corrected chi connectivity index (χ2v) is 15.9. The standard InChI is InChI=1S/C59H38N4/c1-4-17-41(18-5-1)52-38-53(42-19-6-2-7-20-42)62-59(61-52)45-34-30-43(31-35-45)55-47-23-11-10-16-39(47)36-37-48(55)40-28-32-44(33-29-40)57-56-50-25-13-15-27-54(50)63(46-21-8-3-9-22-46)58(56)49-24-12-14-26-51(49)60-57/h1-38H. The summed E-state index contributed by atoms with van der Waals surface area (Å²) in [7, 11) is 0. The molecular formula is C59H38N4. The van der Waals surface area contributed by atoms with Crippen LogP contribution < -0.4 is 0 Å². The topological polar surface area (TPSA) is 43.6 Å². The van der Waals surface area contributed by atoms with Crippen molar-refractivity contribution in [2.75, 3.05) is 0 Å². The molecule has 0 bridgehead atoms. The molecule has 0 fully saturated rings. The van der Waals surface area contributed by atoms with E-state index in [-0.39, 0.29) is 0 Å². The van der Waals surface area contributed by atoms with Gasteiger partial charge in [0, 0.05) is 44.1 Å². The molecule has 12 rings (SSSR count). The van der Waals surface area contributed by atoms with Crippen molar-refractivity contribution in [2.45, 2.75) is 0 Å². The summed E-state index contributed by atoms with van der Waals surface area (Å²) in [5.41, 5.74) is 16.0. The molecule has 63 heavy (non-hydrogen) atoms. The third-order valence-corrected chi connectivity index (χ3v) is 12.2. The highest BCUT2D eigenvalue weighted by Gasteiger charge is 2.21. The summed E-state index contributed by atoms with van der Waals surface area (Å²) in [5, 5.41) is 5.86. The van der Waals surface area contributed by atoms with Gasteiger partial charge in [-0.05, 0) is 63.4 Å². The molecule has 0 aliphatic heterocycles. The molecule has 0 saturated carbocycles. The number of aromatic nitrogens is 4. The van der Waals surface area contributed by atoms with Crippen LogP contribution >= 0.6 is 0 Å². The Labute approximate surface area is 365 Å². The van der Waals surface area contributed by atoms with Gasteiger partial charge in [-0.25, -0.2) is 15.0 Å². The Kier molecular flexibility index (Phi) is 8.79. The molecule has 0 aliphatic rings. The lowest BCUT2D eigenvalue weighted by molar-refractivity contribution is 1.18. The Morgan fingerprint density at radius 1 is 0.349 bits per heavy atom. The van der Waals surface area contributed by atoms with Crippen LogP contribution in [0.15, 0.2) is 231 Å². The summed E-state index contributed by atoms with van der Waals surface area (Å²) < 4.78 is 2.40. The van der Waals surface area contributed by atoms with Crippen molar-refractivity contribution < 1.29 is 0 Å². The first kappa shape index (κ1) is 36.4. The summed E-state index contributed by atoms with van der Waals surface area (Å²) >= 11 is 0. The fourth-order valence-corrected chi connectivity index (χ4v) is 9.24. The average molecular weight is 803 g/mol. The van der Waals surface area contributed by atoms with E-state index in [1.165, 1.54) is 32.8 Å². The number of benzene rings is 9. The molecule has 4 heteroatoms. The van der Waals surface area contributed by atoms with Crippen molar-refractivity contribution in [1.82, 2.24) is 19.5 Å². The minimum absolute atomic E-state index is 0.693. The number of pyridine rings is 1. The number of hydrogen-bond acceptors (Lipinski definition) is 3. The molecule has 0 spiro atoms. The third-order valence-electron chi connectivity index (χ3n) is 12.2. The number of rotatable bonds is 7. The summed E-state index contributed by atoms with van der Waals surface area (Å²) in [5.74, 6) is 0.693. The van der Waals surface area contributed by atoms with Gasteiger partial charge in [0.25, 0.3) is 0 Å². The average Bonchev–Trinajstić information content (AvgIpc) is 3.72. The van der Waals surface area contributed by atoms with E-state index >= 15 is 0 Å². The first-order valence-corrected chi connectivity index (χ1v) is 21.4. The molecule has 3 aromatic heterocycles. The Hall–Kier alpha value is -8.47. The Balaban J connectivity index is 0.981. The van der Waals surface area contributed by atoms with Gasteiger partial charge < -0.3 is 4.57 Å². The molecule has 9 aromatic carbocycles. The molecule has 0 amide bonds. The van der Waals surface area contributed by atoms with E-state index < -0.39 is 0 Å². The maximum atomic E-state index is 5.39. The number of para-hydroxylation sites is 3. The first-order chi connectivity index (χ1) is 31.2. The normalized spacial score (nSPS) is 11.5. The molecule has 0 saturated heterocycles. The van der Waals surface area contributed by atoms with Crippen molar-refractivity contribution >= 4 is 43.5 Å². The van der Waals surface area contributed by atoms with Crippen LogP contribution in [0.4, 0.5) is 0 Å². The Morgan fingerprint density at radius 2 is 0.889 bits per heavy atom. The van der Waals surface area contributed by atoms with Gasteiger partial charge in [-0.15, -0.1) is 0 Å². The highest BCUT2D eigenvalue weighted by Crippen LogP contribution is 2.43. The van der Waals surface area contributed by atoms with Gasteiger partial charge in [0.15, 0.2) is 5.82 Å². The smallest absolute Gasteiger partial charge is 0.160 e. The van der Waals surface area contributed by atoms with Gasteiger partial charge in [0.2, 0.25) is 0 Å². The van der Waals surface area contributed by atoms with Crippen LogP contribution in [0, 0.1) is 0 Å². The van der Waals surface area contributed by atoms with Crippen LogP contribution in [-0.4, -0.2) is 19.5 Å². The van der Waals surface area contributed by atoms with Crippen LogP contribution in [0.3, 0.4) is 0 Å². The van der Waals surface area contributed by atoms with Crippen LogP contribution in [0.2, 0.25) is 0 Å². The fourth-order valence-electron chi connectivity index (χ4n) is 9.24. The molecule has 0 N–H and O–H groups in total. The second kappa shape index (κ2) is 15.2. The van der Waals surface area contributed by atoms with Crippen LogP contribution in [0.25, 0.3) is 117 Å². The SMILES string of the molecule is c1ccc(-c2cc(-c3ccccc3)nc(-c3ccc(-c4c(-c5ccc(-c6nc7ccccc7c7c6c6ccccc6n7-c6ccccc6)cc5)ccc5ccccc45)cc3)n2)cc1. The summed E-state index contributed by atoms with van der Waals surface area (Å²) in [6.45, 7) is 0. The zero-order chi connectivity index (χ0) is 41.7. The van der Waals surface area contributed by atoms with E-state index in [0.29, 0.717) is 5.82 Å². The van der Waals surface area contributed by atoms with Gasteiger partial charge in [0.1, 0.15) is 0 Å². The lowest BCUT2D eigenvalue weighted by atomic mass is 9.89. The lowest BCUT2D eigenvalue weighted by Gasteiger charge is -2.16. The second-order valence-electron chi connectivity index (χ2n) is 15.9. The van der Waals surface area contributed by atoms with Crippen LogP contribution in [-0.2, 0) is 0 Å². The first-order valence-electron chi connectivity index (χ1n) is 21.4. The van der Waals surface area contributed by atoms with Crippen molar-refractivity contribution in [3.8, 4) is 73.1 Å². The molecule has 3 heterocycles. The zero-order valence-electron chi connectivity index (χ0n) is 34.2. The van der Waals surface area contributed by atoms with E-state index in [9.17, 15) is 0 Å². The van der Waals surface area contributed by atoms with Gasteiger partial charge in [-0.3, -0.25) is 0 Å².